The number of rotatable bonds is 11. The molecule has 0 saturated carbocycles. The number of hydrogen-bond donors (Lipinski definition) is 1. The second-order valence-corrected chi connectivity index (χ2v) is 6.58. The van der Waals surface area contributed by atoms with Gasteiger partial charge < -0.3 is 5.11 Å². The summed E-state index contributed by atoms with van der Waals surface area (Å²) >= 11 is 0. The molecule has 1 N–H and O–H groups in total. The van der Waals surface area contributed by atoms with Crippen LogP contribution in [0.25, 0.3) is 0 Å². The maximum atomic E-state index is 10.5. The van der Waals surface area contributed by atoms with Crippen molar-refractivity contribution in [1.82, 2.24) is 0 Å². The van der Waals surface area contributed by atoms with Gasteiger partial charge in [0, 0.05) is 6.61 Å². The first kappa shape index (κ1) is 23.6. The Hall–Kier alpha value is -0.630. The molecule has 0 amide bonds. The van der Waals surface area contributed by atoms with Gasteiger partial charge in [-0.25, -0.2) is 0 Å². The fourth-order valence-corrected chi connectivity index (χ4v) is 2.38. The van der Waals surface area contributed by atoms with E-state index in [0.717, 1.165) is 37.0 Å². The molecule has 0 fully saturated rings. The van der Waals surface area contributed by atoms with Crippen molar-refractivity contribution in [3.8, 4) is 0 Å². The molecule has 0 aromatic carbocycles. The van der Waals surface area contributed by atoms with Crippen molar-refractivity contribution in [3.63, 3.8) is 0 Å². The van der Waals surface area contributed by atoms with Crippen LogP contribution in [0.1, 0.15) is 86.5 Å². The van der Waals surface area contributed by atoms with Crippen LogP contribution in [0.5, 0.6) is 0 Å². The van der Waals surface area contributed by atoms with Crippen LogP contribution in [0.3, 0.4) is 0 Å². The van der Waals surface area contributed by atoms with Gasteiger partial charge in [-0.15, -0.1) is 0 Å². The molecule has 2 heteroatoms. The Labute approximate surface area is 139 Å². The number of carbonyl (C=O) groups is 1. The molecule has 0 spiro atoms. The van der Waals surface area contributed by atoms with Gasteiger partial charge >= 0.3 is 0 Å². The Morgan fingerprint density at radius 3 is 2.05 bits per heavy atom. The third-order valence-electron chi connectivity index (χ3n) is 4.22. The van der Waals surface area contributed by atoms with Crippen LogP contribution in [-0.2, 0) is 4.79 Å². The highest BCUT2D eigenvalue weighted by molar-refractivity contribution is 5.73. The van der Waals surface area contributed by atoms with E-state index in [2.05, 4.69) is 47.6 Å². The maximum Gasteiger partial charge on any atom is 0.145 e. The van der Waals surface area contributed by atoms with Gasteiger partial charge in [-0.3, -0.25) is 4.79 Å². The van der Waals surface area contributed by atoms with Crippen molar-refractivity contribution < 1.29 is 9.90 Å². The van der Waals surface area contributed by atoms with Gasteiger partial charge in [0.1, 0.15) is 6.29 Å². The number of aldehydes is 1. The molecule has 0 aromatic heterocycles. The largest absolute Gasteiger partial charge is 0.396 e. The molecule has 0 heterocycles. The number of aliphatic hydroxyl groups is 1. The van der Waals surface area contributed by atoms with E-state index >= 15 is 0 Å². The van der Waals surface area contributed by atoms with E-state index in [1.54, 1.807) is 0 Å². The molecular formula is C20H40O2. The molecule has 0 aliphatic rings. The van der Waals surface area contributed by atoms with Crippen molar-refractivity contribution >= 4 is 6.29 Å². The van der Waals surface area contributed by atoms with E-state index in [-0.39, 0.29) is 0 Å². The van der Waals surface area contributed by atoms with Gasteiger partial charge in [0.15, 0.2) is 0 Å². The lowest BCUT2D eigenvalue weighted by Gasteiger charge is -2.16. The lowest BCUT2D eigenvalue weighted by Crippen LogP contribution is -2.09. The molecule has 2 nitrogen and oxygen atoms in total. The van der Waals surface area contributed by atoms with Crippen LogP contribution in [0, 0.1) is 17.8 Å². The fourth-order valence-electron chi connectivity index (χ4n) is 2.38. The van der Waals surface area contributed by atoms with Gasteiger partial charge in [-0.1, -0.05) is 73.3 Å². The molecule has 22 heavy (non-hydrogen) atoms. The number of hydrogen-bond acceptors (Lipinski definition) is 2. The number of aliphatic hydroxyl groups excluding tert-OH is 1. The summed E-state index contributed by atoms with van der Waals surface area (Å²) in [5.41, 5.74) is 0.960. The Balaban J connectivity index is 0. The fraction of sp³-hybridized carbons (Fsp3) is 0.850. The predicted octanol–water partition coefficient (Wildman–Crippen LogP) is 5.79. The lowest BCUT2D eigenvalue weighted by atomic mass is 9.91. The van der Waals surface area contributed by atoms with E-state index in [1.807, 2.05) is 0 Å². The van der Waals surface area contributed by atoms with E-state index < -0.39 is 0 Å². The molecule has 0 aliphatic carbocycles. The van der Waals surface area contributed by atoms with Crippen LogP contribution >= 0.6 is 0 Å². The zero-order valence-electron chi connectivity index (χ0n) is 15.9. The number of allylic oxidation sites excluding steroid dienone is 2. The van der Waals surface area contributed by atoms with Gasteiger partial charge in [-0.05, 0) is 42.6 Å². The molecule has 0 radical (unpaired) electrons. The Bertz CT molecular complexity index is 271. The summed E-state index contributed by atoms with van der Waals surface area (Å²) in [6.07, 6.45) is 11.0. The monoisotopic (exact) mass is 312 g/mol. The highest BCUT2D eigenvalue weighted by Gasteiger charge is 2.09. The molecule has 0 saturated heterocycles. The van der Waals surface area contributed by atoms with Crippen LogP contribution in [0.2, 0.25) is 0 Å². The first-order chi connectivity index (χ1) is 10.5. The molecule has 132 valence electrons. The predicted molar refractivity (Wildman–Crippen MR) is 98.1 cm³/mol. The van der Waals surface area contributed by atoms with Crippen LogP contribution in [0.4, 0.5) is 0 Å². The Morgan fingerprint density at radius 1 is 1.05 bits per heavy atom. The van der Waals surface area contributed by atoms with Gasteiger partial charge in [0.25, 0.3) is 0 Å². The molecule has 3 atom stereocenters. The third-order valence-corrected chi connectivity index (χ3v) is 4.22. The van der Waals surface area contributed by atoms with Crippen molar-refractivity contribution in [2.45, 2.75) is 86.5 Å². The average Bonchev–Trinajstić information content (AvgIpc) is 2.54. The smallest absolute Gasteiger partial charge is 0.145 e. The van der Waals surface area contributed by atoms with Crippen LogP contribution in [-0.4, -0.2) is 18.0 Å². The molecule has 3 unspecified atom stereocenters. The highest BCUT2D eigenvalue weighted by atomic mass is 16.3. The van der Waals surface area contributed by atoms with Crippen molar-refractivity contribution in [3.05, 3.63) is 11.6 Å². The average molecular weight is 313 g/mol. The van der Waals surface area contributed by atoms with Gasteiger partial charge in [-0.2, -0.15) is 0 Å². The van der Waals surface area contributed by atoms with Crippen molar-refractivity contribution in [2.75, 3.05) is 6.61 Å². The summed E-state index contributed by atoms with van der Waals surface area (Å²) in [6, 6.07) is 0. The van der Waals surface area contributed by atoms with Crippen molar-refractivity contribution in [1.29, 1.82) is 0 Å². The zero-order valence-corrected chi connectivity index (χ0v) is 15.9. The summed E-state index contributed by atoms with van der Waals surface area (Å²) in [5, 5.41) is 9.00. The lowest BCUT2D eigenvalue weighted by molar-refractivity contribution is -0.105. The topological polar surface area (TPSA) is 37.3 Å². The summed E-state index contributed by atoms with van der Waals surface area (Å²) in [7, 11) is 0. The molecule has 0 bridgehead atoms. The van der Waals surface area contributed by atoms with Crippen LogP contribution < -0.4 is 0 Å². The maximum absolute atomic E-state index is 10.5. The minimum absolute atomic E-state index is 0.373. The standard InChI is InChI=1S/C10H22O.C10H18O/c2*1-4-6-10(8-11)7-9(3)5-2/h9-11H,4-8H2,1-3H3;7-9H,4-6H2,1-3H3/b;10-7+. The molecule has 0 aliphatic heterocycles. The summed E-state index contributed by atoms with van der Waals surface area (Å²) < 4.78 is 0. The first-order valence-corrected chi connectivity index (χ1v) is 9.25. The van der Waals surface area contributed by atoms with E-state index in [0.29, 0.717) is 18.4 Å². The van der Waals surface area contributed by atoms with E-state index in [9.17, 15) is 4.79 Å². The second kappa shape index (κ2) is 16.7. The Kier molecular flexibility index (Phi) is 18.0. The molecule has 0 aromatic rings. The normalized spacial score (nSPS) is 15.5. The molecule has 0 rings (SSSR count). The quantitative estimate of drug-likeness (QED) is 0.387. The zero-order chi connectivity index (χ0) is 17.4. The first-order valence-electron chi connectivity index (χ1n) is 9.25. The molecular weight excluding hydrogens is 272 g/mol. The van der Waals surface area contributed by atoms with Crippen molar-refractivity contribution in [2.24, 2.45) is 17.8 Å². The SMILES string of the molecule is CCC/C(C=O)=C\C(C)CC.CCCC(CO)CC(C)CC. The van der Waals surface area contributed by atoms with E-state index in [4.69, 9.17) is 5.11 Å². The minimum Gasteiger partial charge on any atom is -0.396 e. The number of carbonyl (C=O) groups excluding carboxylic acids is 1. The summed E-state index contributed by atoms with van der Waals surface area (Å²) in [6.45, 7) is 13.4. The summed E-state index contributed by atoms with van der Waals surface area (Å²) in [5.74, 6) is 1.87. The highest BCUT2D eigenvalue weighted by Crippen LogP contribution is 2.18. The van der Waals surface area contributed by atoms with Gasteiger partial charge in [0.05, 0.1) is 0 Å². The van der Waals surface area contributed by atoms with Crippen LogP contribution in [0.15, 0.2) is 11.6 Å². The minimum atomic E-state index is 0.373. The van der Waals surface area contributed by atoms with Gasteiger partial charge in [0.2, 0.25) is 0 Å². The second-order valence-electron chi connectivity index (χ2n) is 6.58. The van der Waals surface area contributed by atoms with E-state index in [1.165, 1.54) is 25.7 Å². The third kappa shape index (κ3) is 14.3. The summed E-state index contributed by atoms with van der Waals surface area (Å²) in [4.78, 5) is 10.5. The Morgan fingerprint density at radius 2 is 1.68 bits per heavy atom.